The Kier molecular flexibility index (Phi) is 7.92. The summed E-state index contributed by atoms with van der Waals surface area (Å²) >= 11 is 0. The van der Waals surface area contributed by atoms with E-state index in [1.165, 1.54) is 11.1 Å². The summed E-state index contributed by atoms with van der Waals surface area (Å²) in [5.41, 5.74) is 7.96. The highest BCUT2D eigenvalue weighted by atomic mass is 16.5. The predicted octanol–water partition coefficient (Wildman–Crippen LogP) is 1.75. The summed E-state index contributed by atoms with van der Waals surface area (Å²) in [5, 5.41) is 0. The van der Waals surface area contributed by atoms with Crippen LogP contribution in [0.4, 0.5) is 0 Å². The van der Waals surface area contributed by atoms with Crippen molar-refractivity contribution >= 4 is 5.91 Å². The van der Waals surface area contributed by atoms with Gasteiger partial charge in [0, 0.05) is 26.6 Å². The van der Waals surface area contributed by atoms with E-state index in [1.54, 1.807) is 7.11 Å². The van der Waals surface area contributed by atoms with Gasteiger partial charge in [-0.2, -0.15) is 0 Å². The molecule has 0 bridgehead atoms. The van der Waals surface area contributed by atoms with Crippen molar-refractivity contribution in [2.24, 2.45) is 5.73 Å². The molecule has 0 radical (unpaired) electrons. The molecule has 1 aromatic carbocycles. The van der Waals surface area contributed by atoms with Gasteiger partial charge < -0.3 is 15.4 Å². The van der Waals surface area contributed by atoms with Crippen molar-refractivity contribution in [2.45, 2.75) is 26.2 Å². The topological polar surface area (TPSA) is 55.6 Å². The zero-order valence-electron chi connectivity index (χ0n) is 12.6. The average molecular weight is 278 g/mol. The molecule has 1 aromatic rings. The highest BCUT2D eigenvalue weighted by Gasteiger charge is 2.12. The molecule has 0 unspecified atom stereocenters. The molecular formula is C16H26N2O2. The number of carbonyl (C=O) groups excluding carboxylic acids is 1. The lowest BCUT2D eigenvalue weighted by molar-refractivity contribution is -0.131. The van der Waals surface area contributed by atoms with Crippen molar-refractivity contribution < 1.29 is 9.53 Å². The van der Waals surface area contributed by atoms with Gasteiger partial charge in [-0.3, -0.25) is 4.79 Å². The largest absolute Gasteiger partial charge is 0.383 e. The van der Waals surface area contributed by atoms with E-state index >= 15 is 0 Å². The number of hydrogen-bond donors (Lipinski definition) is 1. The molecule has 2 N–H and O–H groups in total. The summed E-state index contributed by atoms with van der Waals surface area (Å²) in [4.78, 5) is 14.1. The quantitative estimate of drug-likeness (QED) is 0.749. The number of rotatable bonds is 9. The first-order valence-corrected chi connectivity index (χ1v) is 7.19. The Morgan fingerprint density at radius 3 is 2.55 bits per heavy atom. The van der Waals surface area contributed by atoms with Crippen molar-refractivity contribution in [1.82, 2.24) is 4.90 Å². The number of ether oxygens (including phenoxy) is 1. The van der Waals surface area contributed by atoms with Crippen LogP contribution in [0.5, 0.6) is 0 Å². The van der Waals surface area contributed by atoms with Crippen LogP contribution in [0, 0.1) is 6.92 Å². The molecule has 0 saturated heterocycles. The lowest BCUT2D eigenvalue weighted by Crippen LogP contribution is -2.35. The molecule has 20 heavy (non-hydrogen) atoms. The van der Waals surface area contributed by atoms with Crippen molar-refractivity contribution in [3.63, 3.8) is 0 Å². The molecule has 0 saturated carbocycles. The fraction of sp³-hybridized carbons (Fsp3) is 0.562. The molecule has 0 aliphatic carbocycles. The van der Waals surface area contributed by atoms with Crippen molar-refractivity contribution in [3.8, 4) is 0 Å². The van der Waals surface area contributed by atoms with Crippen LogP contribution in [0.1, 0.15) is 24.0 Å². The molecule has 1 rings (SSSR count). The van der Waals surface area contributed by atoms with E-state index in [2.05, 4.69) is 31.2 Å². The van der Waals surface area contributed by atoms with Crippen LogP contribution in [0.2, 0.25) is 0 Å². The summed E-state index contributed by atoms with van der Waals surface area (Å²) in [5.74, 6) is 0.177. The Labute approximate surface area is 121 Å². The van der Waals surface area contributed by atoms with Crippen molar-refractivity contribution in [1.29, 1.82) is 0 Å². The first-order valence-electron chi connectivity index (χ1n) is 7.19. The van der Waals surface area contributed by atoms with Gasteiger partial charge >= 0.3 is 0 Å². The number of aryl methyl sites for hydroxylation is 2. The minimum absolute atomic E-state index is 0.177. The predicted molar refractivity (Wildman–Crippen MR) is 81.6 cm³/mol. The summed E-state index contributed by atoms with van der Waals surface area (Å²) in [7, 11) is 1.65. The van der Waals surface area contributed by atoms with E-state index in [0.29, 0.717) is 32.7 Å². The van der Waals surface area contributed by atoms with Crippen LogP contribution >= 0.6 is 0 Å². The molecule has 112 valence electrons. The van der Waals surface area contributed by atoms with Crippen molar-refractivity contribution in [3.05, 3.63) is 35.4 Å². The number of methoxy groups -OCH3 is 1. The first kappa shape index (κ1) is 16.7. The van der Waals surface area contributed by atoms with Gasteiger partial charge in [0.05, 0.1) is 6.61 Å². The minimum Gasteiger partial charge on any atom is -0.383 e. The van der Waals surface area contributed by atoms with Gasteiger partial charge in [-0.15, -0.1) is 0 Å². The molecule has 0 spiro atoms. The lowest BCUT2D eigenvalue weighted by Gasteiger charge is -2.22. The molecule has 1 amide bonds. The van der Waals surface area contributed by atoms with Crippen LogP contribution < -0.4 is 5.73 Å². The fourth-order valence-corrected chi connectivity index (χ4v) is 2.01. The molecule has 0 aromatic heterocycles. The normalized spacial score (nSPS) is 10.6. The maximum atomic E-state index is 12.2. The monoisotopic (exact) mass is 278 g/mol. The van der Waals surface area contributed by atoms with E-state index in [1.807, 2.05) is 4.90 Å². The standard InChI is InChI=1S/C16H26N2O2/c1-14-4-6-15(7-5-14)8-9-16(19)18(11-3-10-17)12-13-20-2/h4-7H,3,8-13,17H2,1-2H3. The summed E-state index contributed by atoms with van der Waals surface area (Å²) in [6.45, 7) is 4.60. The second-order valence-corrected chi connectivity index (χ2v) is 5.00. The molecular weight excluding hydrogens is 252 g/mol. The zero-order valence-corrected chi connectivity index (χ0v) is 12.6. The van der Waals surface area contributed by atoms with E-state index in [-0.39, 0.29) is 5.91 Å². The van der Waals surface area contributed by atoms with Gasteiger partial charge in [0.25, 0.3) is 0 Å². The molecule has 0 aliphatic rings. The molecule has 4 heteroatoms. The van der Waals surface area contributed by atoms with E-state index in [4.69, 9.17) is 10.5 Å². The Morgan fingerprint density at radius 1 is 1.25 bits per heavy atom. The van der Waals surface area contributed by atoms with Gasteiger partial charge in [0.1, 0.15) is 0 Å². The van der Waals surface area contributed by atoms with Gasteiger partial charge in [-0.1, -0.05) is 29.8 Å². The molecule has 0 fully saturated rings. The fourth-order valence-electron chi connectivity index (χ4n) is 2.01. The third-order valence-electron chi connectivity index (χ3n) is 3.30. The van der Waals surface area contributed by atoms with Gasteiger partial charge in [-0.05, 0) is 31.9 Å². The third-order valence-corrected chi connectivity index (χ3v) is 3.30. The van der Waals surface area contributed by atoms with Crippen LogP contribution in [0.15, 0.2) is 24.3 Å². The molecule has 0 heterocycles. The highest BCUT2D eigenvalue weighted by molar-refractivity contribution is 5.76. The summed E-state index contributed by atoms with van der Waals surface area (Å²) < 4.78 is 5.05. The highest BCUT2D eigenvalue weighted by Crippen LogP contribution is 2.07. The van der Waals surface area contributed by atoms with Gasteiger partial charge in [0.2, 0.25) is 5.91 Å². The van der Waals surface area contributed by atoms with Crippen molar-refractivity contribution in [2.75, 3.05) is 33.4 Å². The minimum atomic E-state index is 0.177. The number of benzene rings is 1. The Morgan fingerprint density at radius 2 is 1.95 bits per heavy atom. The van der Waals surface area contributed by atoms with Crippen LogP contribution in [-0.2, 0) is 16.0 Å². The Bertz CT molecular complexity index is 382. The van der Waals surface area contributed by atoms with Crippen LogP contribution in [0.3, 0.4) is 0 Å². The Hall–Kier alpha value is -1.39. The number of nitrogens with zero attached hydrogens (tertiary/aromatic N) is 1. The maximum absolute atomic E-state index is 12.2. The molecule has 0 aliphatic heterocycles. The average Bonchev–Trinajstić information content (AvgIpc) is 2.46. The van der Waals surface area contributed by atoms with Crippen LogP contribution in [0.25, 0.3) is 0 Å². The molecule has 4 nitrogen and oxygen atoms in total. The van der Waals surface area contributed by atoms with E-state index in [0.717, 1.165) is 12.8 Å². The second kappa shape index (κ2) is 9.50. The molecule has 0 atom stereocenters. The smallest absolute Gasteiger partial charge is 0.222 e. The number of hydrogen-bond acceptors (Lipinski definition) is 3. The lowest BCUT2D eigenvalue weighted by atomic mass is 10.1. The van der Waals surface area contributed by atoms with Gasteiger partial charge in [0.15, 0.2) is 0 Å². The zero-order chi connectivity index (χ0) is 14.8. The summed E-state index contributed by atoms with van der Waals surface area (Å²) in [6.07, 6.45) is 2.16. The maximum Gasteiger partial charge on any atom is 0.222 e. The van der Waals surface area contributed by atoms with E-state index < -0.39 is 0 Å². The number of amides is 1. The van der Waals surface area contributed by atoms with E-state index in [9.17, 15) is 4.79 Å². The Balaban J connectivity index is 2.45. The second-order valence-electron chi connectivity index (χ2n) is 5.00. The number of nitrogens with two attached hydrogens (primary N) is 1. The third kappa shape index (κ3) is 6.17. The van der Waals surface area contributed by atoms with Gasteiger partial charge in [-0.25, -0.2) is 0 Å². The number of carbonyl (C=O) groups is 1. The van der Waals surface area contributed by atoms with Crippen LogP contribution in [-0.4, -0.2) is 44.2 Å². The summed E-state index contributed by atoms with van der Waals surface area (Å²) in [6, 6.07) is 8.33. The SMILES string of the molecule is COCCN(CCCN)C(=O)CCc1ccc(C)cc1. The first-order chi connectivity index (χ1) is 9.67.